The molecule has 0 atom stereocenters. The lowest BCUT2D eigenvalue weighted by molar-refractivity contribution is 0.666. The minimum Gasteiger partial charge on any atom is -0.384 e. The number of nitrogens with two attached hydrogens (primary N) is 2. The summed E-state index contributed by atoms with van der Waals surface area (Å²) in [5.74, 6) is 1.20. The van der Waals surface area contributed by atoms with Crippen molar-refractivity contribution in [3.05, 3.63) is 47.8 Å². The van der Waals surface area contributed by atoms with Gasteiger partial charge in [0, 0.05) is 11.4 Å². The molecular formula is C15H20N4. The summed E-state index contributed by atoms with van der Waals surface area (Å²) in [4.78, 5) is 8.58. The third-order valence-corrected chi connectivity index (χ3v) is 3.02. The van der Waals surface area contributed by atoms with Gasteiger partial charge in [-0.05, 0) is 49.9 Å². The Morgan fingerprint density at radius 2 is 1.16 bits per heavy atom. The van der Waals surface area contributed by atoms with Gasteiger partial charge >= 0.3 is 0 Å². The van der Waals surface area contributed by atoms with Crippen LogP contribution in [-0.2, 0) is 12.8 Å². The van der Waals surface area contributed by atoms with Crippen LogP contribution >= 0.6 is 0 Å². The maximum Gasteiger partial charge on any atom is 0.123 e. The van der Waals surface area contributed by atoms with E-state index in [1.165, 1.54) is 0 Å². The number of hydrogen-bond acceptors (Lipinski definition) is 4. The summed E-state index contributed by atoms with van der Waals surface area (Å²) >= 11 is 0. The largest absolute Gasteiger partial charge is 0.384 e. The van der Waals surface area contributed by atoms with Crippen LogP contribution in [0.5, 0.6) is 0 Å². The van der Waals surface area contributed by atoms with Crippen LogP contribution in [0.2, 0.25) is 0 Å². The number of unbranched alkanes of at least 4 members (excludes halogenated alkanes) is 2. The second-order valence-electron chi connectivity index (χ2n) is 4.67. The number of rotatable bonds is 6. The molecule has 4 N–H and O–H groups in total. The van der Waals surface area contributed by atoms with Gasteiger partial charge in [0.25, 0.3) is 0 Å². The summed E-state index contributed by atoms with van der Waals surface area (Å²) in [5, 5.41) is 0. The molecule has 0 aromatic carbocycles. The van der Waals surface area contributed by atoms with E-state index >= 15 is 0 Å². The molecule has 0 aliphatic carbocycles. The number of anilines is 2. The van der Waals surface area contributed by atoms with E-state index in [0.29, 0.717) is 11.6 Å². The number of hydrogen-bond donors (Lipinski definition) is 2. The molecule has 0 fully saturated rings. The van der Waals surface area contributed by atoms with Gasteiger partial charge in [-0.1, -0.05) is 18.6 Å². The van der Waals surface area contributed by atoms with Crippen molar-refractivity contribution in [1.82, 2.24) is 9.97 Å². The second-order valence-corrected chi connectivity index (χ2v) is 4.67. The zero-order valence-corrected chi connectivity index (χ0v) is 11.0. The zero-order valence-electron chi connectivity index (χ0n) is 11.0. The van der Waals surface area contributed by atoms with Crippen LogP contribution in [0.4, 0.5) is 11.6 Å². The number of nitrogens with zero attached hydrogens (tertiary/aromatic N) is 2. The van der Waals surface area contributed by atoms with Gasteiger partial charge in [0.05, 0.1) is 0 Å². The lowest BCUT2D eigenvalue weighted by Crippen LogP contribution is -1.97. The molecule has 4 heteroatoms. The van der Waals surface area contributed by atoms with Gasteiger partial charge in [0.1, 0.15) is 11.6 Å². The van der Waals surface area contributed by atoms with Crippen LogP contribution in [0.1, 0.15) is 30.7 Å². The summed E-state index contributed by atoms with van der Waals surface area (Å²) in [7, 11) is 0. The van der Waals surface area contributed by atoms with Crippen LogP contribution in [0.25, 0.3) is 0 Å². The minimum absolute atomic E-state index is 0.599. The van der Waals surface area contributed by atoms with Gasteiger partial charge in [0.15, 0.2) is 0 Å². The second kappa shape index (κ2) is 6.73. The van der Waals surface area contributed by atoms with Crippen LogP contribution in [-0.4, -0.2) is 9.97 Å². The molecule has 0 saturated heterocycles. The van der Waals surface area contributed by atoms with E-state index in [2.05, 4.69) is 9.97 Å². The average Bonchev–Trinajstić information content (AvgIpc) is 2.38. The van der Waals surface area contributed by atoms with Crippen molar-refractivity contribution in [1.29, 1.82) is 0 Å². The normalized spacial score (nSPS) is 10.5. The van der Waals surface area contributed by atoms with E-state index < -0.39 is 0 Å². The zero-order chi connectivity index (χ0) is 13.5. The molecule has 2 aromatic rings. The van der Waals surface area contributed by atoms with Crippen molar-refractivity contribution >= 4 is 11.6 Å². The van der Waals surface area contributed by atoms with Gasteiger partial charge in [0.2, 0.25) is 0 Å². The molecule has 2 heterocycles. The molecule has 0 spiro atoms. The highest BCUT2D eigenvalue weighted by Gasteiger charge is 1.98. The molecule has 4 nitrogen and oxygen atoms in total. The Morgan fingerprint density at radius 1 is 0.684 bits per heavy atom. The van der Waals surface area contributed by atoms with Crippen LogP contribution in [0.3, 0.4) is 0 Å². The van der Waals surface area contributed by atoms with Gasteiger partial charge in [-0.3, -0.25) is 0 Å². The molecule has 100 valence electrons. The van der Waals surface area contributed by atoms with Crippen molar-refractivity contribution in [2.75, 3.05) is 11.5 Å². The fraction of sp³-hybridized carbons (Fsp3) is 0.333. The molecule has 0 unspecified atom stereocenters. The van der Waals surface area contributed by atoms with Crippen LogP contribution in [0.15, 0.2) is 36.4 Å². The molecule has 2 rings (SSSR count). The molecule has 0 amide bonds. The summed E-state index contributed by atoms with van der Waals surface area (Å²) in [6, 6.07) is 11.6. The smallest absolute Gasteiger partial charge is 0.123 e. The highest BCUT2D eigenvalue weighted by Crippen LogP contribution is 2.09. The Kier molecular flexibility index (Phi) is 4.72. The van der Waals surface area contributed by atoms with E-state index in [1.807, 2.05) is 36.4 Å². The summed E-state index contributed by atoms with van der Waals surface area (Å²) < 4.78 is 0. The van der Waals surface area contributed by atoms with E-state index in [4.69, 9.17) is 11.5 Å². The van der Waals surface area contributed by atoms with Crippen molar-refractivity contribution < 1.29 is 0 Å². The highest BCUT2D eigenvalue weighted by atomic mass is 14.8. The highest BCUT2D eigenvalue weighted by molar-refractivity contribution is 5.29. The first-order chi connectivity index (χ1) is 9.24. The minimum atomic E-state index is 0.599. The molecule has 19 heavy (non-hydrogen) atoms. The molecule has 0 aliphatic heterocycles. The first kappa shape index (κ1) is 13.3. The van der Waals surface area contributed by atoms with E-state index in [0.717, 1.165) is 43.5 Å². The predicted octanol–water partition coefficient (Wildman–Crippen LogP) is 2.60. The predicted molar refractivity (Wildman–Crippen MR) is 78.6 cm³/mol. The third-order valence-electron chi connectivity index (χ3n) is 3.02. The van der Waals surface area contributed by atoms with Gasteiger partial charge < -0.3 is 11.5 Å². The van der Waals surface area contributed by atoms with Crippen molar-refractivity contribution in [3.8, 4) is 0 Å². The van der Waals surface area contributed by atoms with Gasteiger partial charge in [-0.15, -0.1) is 0 Å². The fourth-order valence-electron chi connectivity index (χ4n) is 2.06. The molecule has 0 radical (unpaired) electrons. The van der Waals surface area contributed by atoms with Crippen LogP contribution in [0, 0.1) is 0 Å². The third kappa shape index (κ3) is 4.58. The Hall–Kier alpha value is -2.10. The SMILES string of the molecule is Nc1cccc(CCCCCc2cccc(N)n2)n1. The summed E-state index contributed by atoms with van der Waals surface area (Å²) in [5.41, 5.74) is 13.4. The topological polar surface area (TPSA) is 77.8 Å². The summed E-state index contributed by atoms with van der Waals surface area (Å²) in [6.07, 6.45) is 5.37. The first-order valence-corrected chi connectivity index (χ1v) is 6.67. The van der Waals surface area contributed by atoms with E-state index in [9.17, 15) is 0 Å². The lowest BCUT2D eigenvalue weighted by Gasteiger charge is -2.03. The van der Waals surface area contributed by atoms with Gasteiger partial charge in [-0.2, -0.15) is 0 Å². The van der Waals surface area contributed by atoms with Crippen LogP contribution < -0.4 is 11.5 Å². The quantitative estimate of drug-likeness (QED) is 0.779. The Balaban J connectivity index is 1.67. The number of aryl methyl sites for hydroxylation is 2. The Bertz CT molecular complexity index is 478. The molecule has 0 saturated carbocycles. The summed E-state index contributed by atoms with van der Waals surface area (Å²) in [6.45, 7) is 0. The van der Waals surface area contributed by atoms with E-state index in [-0.39, 0.29) is 0 Å². The van der Waals surface area contributed by atoms with Gasteiger partial charge in [-0.25, -0.2) is 9.97 Å². The Labute approximate surface area is 113 Å². The molecular weight excluding hydrogens is 236 g/mol. The van der Waals surface area contributed by atoms with Crippen molar-refractivity contribution in [3.63, 3.8) is 0 Å². The Morgan fingerprint density at radius 3 is 1.58 bits per heavy atom. The number of aromatic nitrogens is 2. The van der Waals surface area contributed by atoms with Crippen molar-refractivity contribution in [2.45, 2.75) is 32.1 Å². The standard InChI is InChI=1S/C15H20N4/c16-14-10-4-8-12(18-14)6-2-1-3-7-13-9-5-11-15(17)19-13/h4-5,8-11H,1-3,6-7H2,(H2,16,18)(H2,17,19). The molecule has 0 bridgehead atoms. The van der Waals surface area contributed by atoms with E-state index in [1.54, 1.807) is 0 Å². The maximum atomic E-state index is 5.65. The van der Waals surface area contributed by atoms with Crippen molar-refractivity contribution in [2.24, 2.45) is 0 Å². The number of nitrogen functional groups attached to an aromatic ring is 2. The number of pyridine rings is 2. The molecule has 0 aliphatic rings. The maximum absolute atomic E-state index is 5.65. The lowest BCUT2D eigenvalue weighted by atomic mass is 10.1. The average molecular weight is 256 g/mol. The molecule has 2 aromatic heterocycles. The monoisotopic (exact) mass is 256 g/mol. The first-order valence-electron chi connectivity index (χ1n) is 6.67. The fourth-order valence-corrected chi connectivity index (χ4v) is 2.06.